The molecule has 0 saturated carbocycles. The molecule has 10 heteroatoms. The number of carbonyl (C=O) groups is 1. The Labute approximate surface area is 176 Å². The van der Waals surface area contributed by atoms with E-state index in [4.69, 9.17) is 4.74 Å². The van der Waals surface area contributed by atoms with E-state index in [9.17, 15) is 13.6 Å². The van der Waals surface area contributed by atoms with E-state index in [1.165, 1.54) is 31.3 Å². The first-order valence-corrected chi connectivity index (χ1v) is 10.0. The highest BCUT2D eigenvalue weighted by molar-refractivity contribution is 7.98. The van der Waals surface area contributed by atoms with Crippen LogP contribution in [-0.4, -0.2) is 41.4 Å². The molecule has 0 radical (unpaired) electrons. The number of alkyl halides is 2. The molecule has 1 aromatic heterocycles. The number of benzene rings is 2. The molecular weight excluding hydrogens is 414 g/mol. The average molecular weight is 434 g/mol. The Morgan fingerprint density at radius 1 is 1.17 bits per heavy atom. The zero-order chi connectivity index (χ0) is 21.3. The van der Waals surface area contributed by atoms with Crippen LogP contribution in [0.1, 0.15) is 21.5 Å². The van der Waals surface area contributed by atoms with Crippen molar-refractivity contribution in [3.05, 3.63) is 65.5 Å². The Bertz CT molecular complexity index is 953. The molecule has 0 spiro atoms. The number of H-pyrrole nitrogens is 1. The second-order valence-electron chi connectivity index (χ2n) is 6.15. The van der Waals surface area contributed by atoms with Crippen molar-refractivity contribution in [2.75, 3.05) is 13.7 Å². The lowest BCUT2D eigenvalue weighted by Gasteiger charge is -2.12. The van der Waals surface area contributed by atoms with Crippen molar-refractivity contribution >= 4 is 17.7 Å². The van der Waals surface area contributed by atoms with Crippen LogP contribution < -0.4 is 14.8 Å². The van der Waals surface area contributed by atoms with Crippen LogP contribution in [0.25, 0.3) is 0 Å². The minimum Gasteiger partial charge on any atom is -0.493 e. The van der Waals surface area contributed by atoms with Crippen molar-refractivity contribution in [1.82, 2.24) is 20.5 Å². The first-order valence-electron chi connectivity index (χ1n) is 9.02. The number of carbonyl (C=O) groups excluding carboxylic acids is 1. The molecule has 158 valence electrons. The summed E-state index contributed by atoms with van der Waals surface area (Å²) in [5.41, 5.74) is 2.34. The molecule has 0 aliphatic carbocycles. The number of methoxy groups -OCH3 is 1. The van der Waals surface area contributed by atoms with Crippen molar-refractivity contribution in [2.24, 2.45) is 0 Å². The highest BCUT2D eigenvalue weighted by Gasteiger charge is 2.12. The Morgan fingerprint density at radius 3 is 2.60 bits per heavy atom. The number of halogens is 2. The van der Waals surface area contributed by atoms with E-state index in [-0.39, 0.29) is 17.4 Å². The molecule has 0 unspecified atom stereocenters. The predicted octanol–water partition coefficient (Wildman–Crippen LogP) is 3.68. The van der Waals surface area contributed by atoms with E-state index < -0.39 is 6.61 Å². The molecule has 0 saturated heterocycles. The third-order valence-electron chi connectivity index (χ3n) is 4.13. The Balaban J connectivity index is 1.49. The number of thioether (sulfide) groups is 1. The van der Waals surface area contributed by atoms with Gasteiger partial charge in [0.2, 0.25) is 0 Å². The van der Waals surface area contributed by atoms with Gasteiger partial charge in [-0.25, -0.2) is 4.98 Å². The number of hydrogen-bond acceptors (Lipinski definition) is 6. The molecule has 1 heterocycles. The second-order valence-corrected chi connectivity index (χ2v) is 7.11. The molecule has 0 aliphatic rings. The Hall–Kier alpha value is -3.14. The summed E-state index contributed by atoms with van der Waals surface area (Å²) < 4.78 is 34.5. The van der Waals surface area contributed by atoms with Gasteiger partial charge in [0, 0.05) is 17.9 Å². The molecule has 0 fully saturated rings. The van der Waals surface area contributed by atoms with Crippen LogP contribution in [0.4, 0.5) is 8.78 Å². The number of nitrogens with one attached hydrogen (secondary N) is 2. The zero-order valence-corrected chi connectivity index (χ0v) is 16.9. The fourth-order valence-corrected chi connectivity index (χ4v) is 3.39. The van der Waals surface area contributed by atoms with Gasteiger partial charge < -0.3 is 14.8 Å². The molecule has 7 nitrogen and oxygen atoms in total. The lowest BCUT2D eigenvalue weighted by atomic mass is 10.1. The van der Waals surface area contributed by atoms with Crippen molar-refractivity contribution < 1.29 is 23.0 Å². The number of ether oxygens (including phenoxy) is 2. The zero-order valence-electron chi connectivity index (χ0n) is 16.1. The van der Waals surface area contributed by atoms with Gasteiger partial charge >= 0.3 is 6.61 Å². The van der Waals surface area contributed by atoms with Crippen LogP contribution in [0.3, 0.4) is 0 Å². The average Bonchev–Trinajstić information content (AvgIpc) is 3.26. The summed E-state index contributed by atoms with van der Waals surface area (Å²) in [6.07, 6.45) is 1.91. The summed E-state index contributed by atoms with van der Waals surface area (Å²) in [7, 11) is 1.38. The molecule has 1 amide bonds. The third kappa shape index (κ3) is 6.18. The van der Waals surface area contributed by atoms with Gasteiger partial charge in [-0.15, -0.1) is 0 Å². The van der Waals surface area contributed by atoms with Gasteiger partial charge in [0.25, 0.3) is 5.91 Å². The number of amides is 1. The first-order chi connectivity index (χ1) is 14.5. The first kappa shape index (κ1) is 21.6. The van der Waals surface area contributed by atoms with Crippen molar-refractivity contribution in [3.63, 3.8) is 0 Å². The van der Waals surface area contributed by atoms with Gasteiger partial charge in [-0.3, -0.25) is 9.89 Å². The topological polar surface area (TPSA) is 89.1 Å². The van der Waals surface area contributed by atoms with Gasteiger partial charge in [-0.2, -0.15) is 13.9 Å². The summed E-state index contributed by atoms with van der Waals surface area (Å²) in [6, 6.07) is 12.1. The number of aromatic amines is 1. The third-order valence-corrected chi connectivity index (χ3v) is 5.08. The van der Waals surface area contributed by atoms with E-state index in [1.54, 1.807) is 24.3 Å². The number of nitrogens with zero attached hydrogens (tertiary/aromatic N) is 2. The lowest BCUT2D eigenvalue weighted by Crippen LogP contribution is -2.25. The van der Waals surface area contributed by atoms with Gasteiger partial charge in [0.05, 0.1) is 7.11 Å². The fourth-order valence-electron chi connectivity index (χ4n) is 2.65. The van der Waals surface area contributed by atoms with Gasteiger partial charge in [-0.05, 0) is 41.8 Å². The minimum atomic E-state index is -2.94. The van der Waals surface area contributed by atoms with Gasteiger partial charge in [0.1, 0.15) is 6.33 Å². The van der Waals surface area contributed by atoms with E-state index in [1.807, 2.05) is 12.1 Å². The molecule has 0 bridgehead atoms. The summed E-state index contributed by atoms with van der Waals surface area (Å²) in [5.74, 6) is 0.694. The highest BCUT2D eigenvalue weighted by atomic mass is 32.2. The van der Waals surface area contributed by atoms with Crippen LogP contribution in [0.15, 0.2) is 53.9 Å². The highest BCUT2D eigenvalue weighted by Crippen LogP contribution is 2.29. The largest absolute Gasteiger partial charge is 0.493 e. The quantitative estimate of drug-likeness (QED) is 0.473. The summed E-state index contributed by atoms with van der Waals surface area (Å²) in [6.45, 7) is -2.59. The van der Waals surface area contributed by atoms with Crippen LogP contribution in [0.2, 0.25) is 0 Å². The Morgan fingerprint density at radius 2 is 1.93 bits per heavy atom. The van der Waals surface area contributed by atoms with Crippen molar-refractivity contribution in [2.45, 2.75) is 23.9 Å². The van der Waals surface area contributed by atoms with Crippen LogP contribution >= 0.6 is 11.8 Å². The molecule has 3 rings (SSSR count). The molecule has 3 aromatic rings. The van der Waals surface area contributed by atoms with Gasteiger partial charge in [-0.1, -0.05) is 30.0 Å². The van der Waals surface area contributed by atoms with Crippen molar-refractivity contribution in [3.8, 4) is 11.5 Å². The van der Waals surface area contributed by atoms with E-state index in [0.29, 0.717) is 24.3 Å². The summed E-state index contributed by atoms with van der Waals surface area (Å²) >= 11 is 1.52. The summed E-state index contributed by atoms with van der Waals surface area (Å²) in [4.78, 5) is 16.4. The lowest BCUT2D eigenvalue weighted by molar-refractivity contribution is -0.0512. The Kier molecular flexibility index (Phi) is 7.61. The molecule has 2 aromatic carbocycles. The van der Waals surface area contributed by atoms with Crippen LogP contribution in [0, 0.1) is 0 Å². The minimum absolute atomic E-state index is 0.0323. The second kappa shape index (κ2) is 10.6. The maximum atomic E-state index is 12.5. The predicted molar refractivity (Wildman–Crippen MR) is 108 cm³/mol. The molecule has 0 atom stereocenters. The van der Waals surface area contributed by atoms with Crippen LogP contribution in [0.5, 0.6) is 11.5 Å². The normalized spacial score (nSPS) is 10.8. The van der Waals surface area contributed by atoms with Crippen molar-refractivity contribution in [1.29, 1.82) is 0 Å². The summed E-state index contributed by atoms with van der Waals surface area (Å²) in [5, 5.41) is 10.1. The number of rotatable bonds is 10. The maximum absolute atomic E-state index is 12.5. The molecule has 2 N–H and O–H groups in total. The molecule has 0 aliphatic heterocycles. The maximum Gasteiger partial charge on any atom is 0.387 e. The van der Waals surface area contributed by atoms with E-state index >= 15 is 0 Å². The smallest absolute Gasteiger partial charge is 0.387 e. The SMILES string of the molecule is COc1ccc(CCNC(=O)c2ccc(CSc3ncn[nH]3)cc2)cc1OC(F)F. The molecular formula is C20H20F2N4O3S. The van der Waals surface area contributed by atoms with E-state index in [0.717, 1.165) is 16.3 Å². The van der Waals surface area contributed by atoms with E-state index in [2.05, 4.69) is 25.2 Å². The van der Waals surface area contributed by atoms with Crippen LogP contribution in [-0.2, 0) is 12.2 Å². The van der Waals surface area contributed by atoms with Gasteiger partial charge in [0.15, 0.2) is 16.7 Å². The fraction of sp³-hybridized carbons (Fsp3) is 0.250. The number of aromatic nitrogens is 3. The number of hydrogen-bond donors (Lipinski definition) is 2. The standard InChI is InChI=1S/C20H20F2N4O3S/c1-28-16-7-4-13(10-17(16)29-19(21)22)8-9-23-18(27)15-5-2-14(3-6-15)11-30-20-24-12-25-26-20/h2-7,10,12,19H,8-9,11H2,1H3,(H,23,27)(H,24,25,26). The monoisotopic (exact) mass is 434 g/mol. The molecule has 30 heavy (non-hydrogen) atoms.